The molecule has 2 saturated carbocycles. The summed E-state index contributed by atoms with van der Waals surface area (Å²) in [7, 11) is 0. The smallest absolute Gasteiger partial charge is 0.227 e. The lowest BCUT2D eigenvalue weighted by Crippen LogP contribution is -2.41. The van der Waals surface area contributed by atoms with Crippen LogP contribution in [0.25, 0.3) is 0 Å². The highest BCUT2D eigenvalue weighted by Crippen LogP contribution is 2.35. The van der Waals surface area contributed by atoms with Gasteiger partial charge in [-0.2, -0.15) is 0 Å². The van der Waals surface area contributed by atoms with Crippen LogP contribution < -0.4 is 5.32 Å². The molecule has 0 saturated heterocycles. The molecule has 1 N–H and O–H groups in total. The third kappa shape index (κ3) is 3.19. The van der Waals surface area contributed by atoms with Crippen LogP contribution in [0.3, 0.4) is 0 Å². The van der Waals surface area contributed by atoms with Crippen molar-refractivity contribution in [2.45, 2.75) is 69.9 Å². The molecule has 0 bridgehead atoms. The van der Waals surface area contributed by atoms with Crippen LogP contribution in [0, 0.1) is 5.92 Å². The Morgan fingerprint density at radius 3 is 2.54 bits per heavy atom. The number of nitrogens with one attached hydrogen (secondary N) is 1. The first-order chi connectivity index (χ1) is 11.7. The third-order valence-corrected chi connectivity index (χ3v) is 5.77. The fraction of sp³-hybridized carbons (Fsp3) is 0.600. The van der Waals surface area contributed by atoms with Gasteiger partial charge in [0.25, 0.3) is 0 Å². The van der Waals surface area contributed by atoms with Crippen LogP contribution in [0.2, 0.25) is 0 Å². The van der Waals surface area contributed by atoms with E-state index in [0.29, 0.717) is 24.9 Å². The van der Waals surface area contributed by atoms with Gasteiger partial charge in [-0.3, -0.25) is 9.59 Å². The predicted molar refractivity (Wildman–Crippen MR) is 93.6 cm³/mol. The standard InChI is InChI=1S/C20H26N2O2/c23-19(22(17-10-11-17)16-6-2-3-7-16)12-9-15-13-14-5-1-4-8-18(14)21-20(15)24/h1,4-5,8,15-17H,2-3,6-7,9-13H2,(H,21,24). The van der Waals surface area contributed by atoms with Gasteiger partial charge in [-0.25, -0.2) is 0 Å². The third-order valence-electron chi connectivity index (χ3n) is 5.77. The molecule has 128 valence electrons. The lowest BCUT2D eigenvalue weighted by Gasteiger charge is -2.30. The van der Waals surface area contributed by atoms with Crippen molar-refractivity contribution in [3.8, 4) is 0 Å². The maximum absolute atomic E-state index is 12.8. The normalized spacial score (nSPS) is 23.7. The molecule has 1 heterocycles. The summed E-state index contributed by atoms with van der Waals surface area (Å²) in [6.07, 6.45) is 9.09. The predicted octanol–water partition coefficient (Wildman–Crippen LogP) is 3.51. The van der Waals surface area contributed by atoms with Crippen molar-refractivity contribution < 1.29 is 9.59 Å². The first-order valence-electron chi connectivity index (χ1n) is 9.42. The molecule has 4 rings (SSSR count). The Kier molecular flexibility index (Phi) is 4.30. The molecule has 1 atom stereocenters. The Hall–Kier alpha value is -1.84. The van der Waals surface area contributed by atoms with Gasteiger partial charge in [0.15, 0.2) is 0 Å². The Labute approximate surface area is 143 Å². The van der Waals surface area contributed by atoms with Crippen LogP contribution in [-0.4, -0.2) is 28.8 Å². The van der Waals surface area contributed by atoms with Gasteiger partial charge < -0.3 is 10.2 Å². The zero-order valence-electron chi connectivity index (χ0n) is 14.2. The monoisotopic (exact) mass is 326 g/mol. The molecule has 1 aromatic carbocycles. The van der Waals surface area contributed by atoms with Crippen LogP contribution in [0.4, 0.5) is 5.69 Å². The summed E-state index contributed by atoms with van der Waals surface area (Å²) >= 11 is 0. The van der Waals surface area contributed by atoms with Crippen molar-refractivity contribution in [3.05, 3.63) is 29.8 Å². The maximum Gasteiger partial charge on any atom is 0.227 e. The fourth-order valence-electron chi connectivity index (χ4n) is 4.31. The number of rotatable bonds is 5. The molecule has 24 heavy (non-hydrogen) atoms. The molecule has 1 aliphatic heterocycles. The number of hydrogen-bond acceptors (Lipinski definition) is 2. The van der Waals surface area contributed by atoms with Crippen LogP contribution in [0.15, 0.2) is 24.3 Å². The van der Waals surface area contributed by atoms with Gasteiger partial charge in [-0.1, -0.05) is 31.0 Å². The first kappa shape index (κ1) is 15.7. The minimum Gasteiger partial charge on any atom is -0.337 e. The van der Waals surface area contributed by atoms with E-state index in [-0.39, 0.29) is 17.7 Å². The largest absolute Gasteiger partial charge is 0.337 e. The van der Waals surface area contributed by atoms with Crippen molar-refractivity contribution in [1.29, 1.82) is 0 Å². The lowest BCUT2D eigenvalue weighted by atomic mass is 9.89. The van der Waals surface area contributed by atoms with Gasteiger partial charge in [0, 0.05) is 30.1 Å². The Balaban J connectivity index is 1.37. The number of nitrogens with zero attached hydrogens (tertiary/aromatic N) is 1. The van der Waals surface area contributed by atoms with Crippen molar-refractivity contribution in [2.24, 2.45) is 5.92 Å². The number of amides is 2. The van der Waals surface area contributed by atoms with Crippen LogP contribution in [0.5, 0.6) is 0 Å². The van der Waals surface area contributed by atoms with E-state index in [0.717, 1.165) is 12.1 Å². The minimum atomic E-state index is -0.0755. The van der Waals surface area contributed by atoms with Gasteiger partial charge in [0.1, 0.15) is 0 Å². The summed E-state index contributed by atoms with van der Waals surface area (Å²) in [6.45, 7) is 0. The van der Waals surface area contributed by atoms with E-state index in [4.69, 9.17) is 0 Å². The van der Waals surface area contributed by atoms with Crippen LogP contribution >= 0.6 is 0 Å². The van der Waals surface area contributed by atoms with Gasteiger partial charge in [0.05, 0.1) is 0 Å². The summed E-state index contributed by atoms with van der Waals surface area (Å²) in [5.74, 6) is 0.268. The molecule has 2 amide bonds. The van der Waals surface area contributed by atoms with Crippen LogP contribution in [-0.2, 0) is 16.0 Å². The fourth-order valence-corrected chi connectivity index (χ4v) is 4.31. The van der Waals surface area contributed by atoms with E-state index in [1.54, 1.807) is 0 Å². The highest BCUT2D eigenvalue weighted by atomic mass is 16.2. The van der Waals surface area contributed by atoms with Gasteiger partial charge in [-0.05, 0) is 50.2 Å². The number of fused-ring (bicyclic) bond motifs is 1. The number of carbonyl (C=O) groups excluding carboxylic acids is 2. The average molecular weight is 326 g/mol. The summed E-state index contributed by atoms with van der Waals surface area (Å²) < 4.78 is 0. The highest BCUT2D eigenvalue weighted by Gasteiger charge is 2.38. The molecule has 1 aromatic rings. The summed E-state index contributed by atoms with van der Waals surface area (Å²) in [5, 5.41) is 2.99. The number of anilines is 1. The quantitative estimate of drug-likeness (QED) is 0.900. The molecule has 2 fully saturated rings. The molecule has 0 aromatic heterocycles. The Morgan fingerprint density at radius 1 is 1.08 bits per heavy atom. The number of carbonyl (C=O) groups is 2. The van der Waals surface area contributed by atoms with Gasteiger partial charge >= 0.3 is 0 Å². The van der Waals surface area contributed by atoms with Crippen molar-refractivity contribution >= 4 is 17.5 Å². The van der Waals surface area contributed by atoms with E-state index < -0.39 is 0 Å². The lowest BCUT2D eigenvalue weighted by molar-refractivity contribution is -0.134. The van der Waals surface area contributed by atoms with Crippen molar-refractivity contribution in [2.75, 3.05) is 5.32 Å². The van der Waals surface area contributed by atoms with Crippen molar-refractivity contribution in [1.82, 2.24) is 4.90 Å². The molecule has 1 unspecified atom stereocenters. The first-order valence-corrected chi connectivity index (χ1v) is 9.42. The van der Waals surface area contributed by atoms with Gasteiger partial charge in [-0.15, -0.1) is 0 Å². The Morgan fingerprint density at radius 2 is 1.79 bits per heavy atom. The second-order valence-electron chi connectivity index (χ2n) is 7.56. The van der Waals surface area contributed by atoms with E-state index >= 15 is 0 Å². The second kappa shape index (κ2) is 6.58. The topological polar surface area (TPSA) is 49.4 Å². The zero-order valence-corrected chi connectivity index (χ0v) is 14.2. The van der Waals surface area contributed by atoms with E-state index in [1.807, 2.05) is 18.2 Å². The van der Waals surface area contributed by atoms with Gasteiger partial charge in [0.2, 0.25) is 11.8 Å². The zero-order chi connectivity index (χ0) is 16.5. The van der Waals surface area contributed by atoms with Crippen LogP contribution in [0.1, 0.15) is 56.9 Å². The van der Waals surface area contributed by atoms with E-state index in [9.17, 15) is 9.59 Å². The molecule has 4 heteroatoms. The summed E-state index contributed by atoms with van der Waals surface area (Å²) in [5.41, 5.74) is 2.11. The molecular formula is C20H26N2O2. The number of hydrogen-bond donors (Lipinski definition) is 1. The number of para-hydroxylation sites is 1. The highest BCUT2D eigenvalue weighted by molar-refractivity contribution is 5.96. The molecule has 3 aliphatic rings. The molecular weight excluding hydrogens is 300 g/mol. The number of benzene rings is 1. The second-order valence-corrected chi connectivity index (χ2v) is 7.56. The average Bonchev–Trinajstić information content (AvgIpc) is 3.27. The molecule has 0 spiro atoms. The SMILES string of the molecule is O=C1Nc2ccccc2CC1CCC(=O)N(C1CCCC1)C1CC1. The van der Waals surface area contributed by atoms with E-state index in [1.165, 1.54) is 44.1 Å². The summed E-state index contributed by atoms with van der Waals surface area (Å²) in [6, 6.07) is 8.92. The molecule has 2 aliphatic carbocycles. The summed E-state index contributed by atoms with van der Waals surface area (Å²) in [4.78, 5) is 27.3. The molecule has 0 radical (unpaired) electrons. The Bertz CT molecular complexity index is 632. The van der Waals surface area contributed by atoms with E-state index in [2.05, 4.69) is 16.3 Å². The molecule has 4 nitrogen and oxygen atoms in total. The minimum absolute atomic E-state index is 0.0698. The maximum atomic E-state index is 12.8. The van der Waals surface area contributed by atoms with Crippen molar-refractivity contribution in [3.63, 3.8) is 0 Å².